The van der Waals surface area contributed by atoms with Crippen LogP contribution >= 0.6 is 0 Å². The minimum Gasteiger partial charge on any atom is -0.395 e. The Morgan fingerprint density at radius 3 is 2.14 bits per heavy atom. The smallest absolute Gasteiger partial charge is 0.0587 e. The second-order valence-electron chi connectivity index (χ2n) is 4.98. The quantitative estimate of drug-likeness (QED) is 0.723. The molecule has 0 aliphatic heterocycles. The molecule has 0 saturated heterocycles. The number of nitrogens with one attached hydrogen (secondary N) is 1. The second kappa shape index (κ2) is 5.13. The number of aliphatic hydroxyl groups excluding tert-OH is 1. The minimum absolute atomic E-state index is 0.334. The van der Waals surface area contributed by atoms with Crippen molar-refractivity contribution in [3.63, 3.8) is 0 Å². The summed E-state index contributed by atoms with van der Waals surface area (Å²) in [7, 11) is 0. The Bertz CT molecular complexity index is 160. The van der Waals surface area contributed by atoms with Crippen LogP contribution in [0.25, 0.3) is 0 Å². The molecule has 1 atom stereocenters. The molecule has 2 heteroatoms. The Kier molecular flexibility index (Phi) is 3.82. The first-order chi connectivity index (χ1) is 6.90. The maximum absolute atomic E-state index is 9.38. The third-order valence-electron chi connectivity index (χ3n) is 3.97. The van der Waals surface area contributed by atoms with Crippen molar-refractivity contribution in [2.24, 2.45) is 5.92 Å². The van der Waals surface area contributed by atoms with Crippen molar-refractivity contribution in [2.75, 3.05) is 6.61 Å². The highest BCUT2D eigenvalue weighted by Crippen LogP contribution is 2.29. The first kappa shape index (κ1) is 10.4. The molecule has 2 N–H and O–H groups in total. The van der Waals surface area contributed by atoms with Gasteiger partial charge in [-0.2, -0.15) is 0 Å². The van der Waals surface area contributed by atoms with Gasteiger partial charge in [0.1, 0.15) is 0 Å². The molecule has 0 aromatic heterocycles. The van der Waals surface area contributed by atoms with Gasteiger partial charge in [-0.15, -0.1) is 0 Å². The number of hydrogen-bond acceptors (Lipinski definition) is 2. The lowest BCUT2D eigenvalue weighted by molar-refractivity contribution is 0.187. The van der Waals surface area contributed by atoms with Crippen LogP contribution in [0.5, 0.6) is 0 Å². The maximum atomic E-state index is 9.38. The Balaban J connectivity index is 1.79. The van der Waals surface area contributed by atoms with E-state index < -0.39 is 0 Å². The van der Waals surface area contributed by atoms with Crippen LogP contribution in [-0.4, -0.2) is 23.8 Å². The molecular weight excluding hydrogens is 174 g/mol. The fourth-order valence-electron chi connectivity index (χ4n) is 3.09. The van der Waals surface area contributed by atoms with Crippen molar-refractivity contribution < 1.29 is 5.11 Å². The molecule has 2 aliphatic rings. The zero-order chi connectivity index (χ0) is 9.80. The zero-order valence-corrected chi connectivity index (χ0v) is 9.04. The molecule has 0 aromatic carbocycles. The molecule has 0 aromatic rings. The topological polar surface area (TPSA) is 32.3 Å². The van der Waals surface area contributed by atoms with Crippen LogP contribution in [0, 0.1) is 5.92 Å². The molecule has 0 heterocycles. The van der Waals surface area contributed by atoms with Crippen LogP contribution in [0.2, 0.25) is 0 Å². The summed E-state index contributed by atoms with van der Waals surface area (Å²) < 4.78 is 0. The van der Waals surface area contributed by atoms with E-state index in [1.165, 1.54) is 51.4 Å². The summed E-state index contributed by atoms with van der Waals surface area (Å²) in [5.74, 6) is 0.751. The van der Waals surface area contributed by atoms with Crippen LogP contribution in [0.4, 0.5) is 0 Å². The first-order valence-electron chi connectivity index (χ1n) is 6.27. The van der Waals surface area contributed by atoms with Crippen LogP contribution in [0.3, 0.4) is 0 Å². The number of aliphatic hydroxyl groups is 1. The lowest BCUT2D eigenvalue weighted by Gasteiger charge is -2.26. The summed E-state index contributed by atoms with van der Waals surface area (Å²) >= 11 is 0. The third-order valence-corrected chi connectivity index (χ3v) is 3.97. The fraction of sp³-hybridized carbons (Fsp3) is 1.00. The molecule has 2 aliphatic carbocycles. The van der Waals surface area contributed by atoms with Crippen molar-refractivity contribution in [3.05, 3.63) is 0 Å². The van der Waals surface area contributed by atoms with E-state index in [2.05, 4.69) is 5.32 Å². The van der Waals surface area contributed by atoms with Gasteiger partial charge in [0.05, 0.1) is 6.61 Å². The first-order valence-corrected chi connectivity index (χ1v) is 6.27. The average Bonchev–Trinajstić information content (AvgIpc) is 2.86. The van der Waals surface area contributed by atoms with Crippen LogP contribution in [-0.2, 0) is 0 Å². The van der Waals surface area contributed by atoms with Gasteiger partial charge in [-0.3, -0.25) is 0 Å². The molecule has 0 radical (unpaired) electrons. The highest BCUT2D eigenvalue weighted by molar-refractivity contribution is 4.84. The summed E-state index contributed by atoms with van der Waals surface area (Å²) in [5, 5.41) is 13.0. The van der Waals surface area contributed by atoms with Crippen molar-refractivity contribution in [1.29, 1.82) is 0 Å². The molecule has 2 saturated carbocycles. The predicted molar refractivity (Wildman–Crippen MR) is 58.2 cm³/mol. The Labute approximate surface area is 87.1 Å². The van der Waals surface area contributed by atoms with E-state index in [-0.39, 0.29) is 0 Å². The summed E-state index contributed by atoms with van der Waals surface area (Å²) in [6.45, 7) is 0.334. The monoisotopic (exact) mass is 197 g/mol. The summed E-state index contributed by atoms with van der Waals surface area (Å²) in [5.41, 5.74) is 0. The standard InChI is InChI=1S/C12H23NO/c14-9-12(10-5-1-2-6-10)13-11-7-3-4-8-11/h10-14H,1-9H2. The molecule has 14 heavy (non-hydrogen) atoms. The van der Waals surface area contributed by atoms with E-state index in [4.69, 9.17) is 0 Å². The van der Waals surface area contributed by atoms with Crippen molar-refractivity contribution >= 4 is 0 Å². The van der Waals surface area contributed by atoms with E-state index in [0.29, 0.717) is 18.7 Å². The summed E-state index contributed by atoms with van der Waals surface area (Å²) in [6, 6.07) is 1.09. The molecule has 0 spiro atoms. The SMILES string of the molecule is OCC(NC1CCCC1)C1CCCC1. The Morgan fingerprint density at radius 1 is 1.00 bits per heavy atom. The molecule has 82 valence electrons. The van der Waals surface area contributed by atoms with E-state index in [0.717, 1.165) is 5.92 Å². The average molecular weight is 197 g/mol. The predicted octanol–water partition coefficient (Wildman–Crippen LogP) is 2.07. The van der Waals surface area contributed by atoms with E-state index in [1.54, 1.807) is 0 Å². The molecule has 0 amide bonds. The minimum atomic E-state index is 0.334. The van der Waals surface area contributed by atoms with Crippen molar-refractivity contribution in [2.45, 2.75) is 63.5 Å². The van der Waals surface area contributed by atoms with Gasteiger partial charge in [-0.25, -0.2) is 0 Å². The molecule has 2 rings (SSSR count). The number of rotatable bonds is 4. The van der Waals surface area contributed by atoms with Gasteiger partial charge in [0.15, 0.2) is 0 Å². The Morgan fingerprint density at radius 2 is 1.57 bits per heavy atom. The van der Waals surface area contributed by atoms with E-state index in [1.807, 2.05) is 0 Å². The van der Waals surface area contributed by atoms with Crippen LogP contribution < -0.4 is 5.32 Å². The number of hydrogen-bond donors (Lipinski definition) is 2. The molecule has 1 unspecified atom stereocenters. The van der Waals surface area contributed by atoms with Crippen LogP contribution in [0.1, 0.15) is 51.4 Å². The lowest BCUT2D eigenvalue weighted by atomic mass is 9.98. The van der Waals surface area contributed by atoms with Gasteiger partial charge >= 0.3 is 0 Å². The summed E-state index contributed by atoms with van der Waals surface area (Å²) in [6.07, 6.45) is 10.8. The van der Waals surface area contributed by atoms with Gasteiger partial charge in [0.2, 0.25) is 0 Å². The van der Waals surface area contributed by atoms with Gasteiger partial charge < -0.3 is 10.4 Å². The van der Waals surface area contributed by atoms with Gasteiger partial charge in [-0.1, -0.05) is 25.7 Å². The largest absolute Gasteiger partial charge is 0.395 e. The van der Waals surface area contributed by atoms with E-state index in [9.17, 15) is 5.11 Å². The van der Waals surface area contributed by atoms with Gasteiger partial charge in [-0.05, 0) is 31.6 Å². The van der Waals surface area contributed by atoms with E-state index >= 15 is 0 Å². The third kappa shape index (κ3) is 2.48. The van der Waals surface area contributed by atoms with Crippen molar-refractivity contribution in [3.8, 4) is 0 Å². The highest BCUT2D eigenvalue weighted by Gasteiger charge is 2.27. The molecule has 0 bridgehead atoms. The zero-order valence-electron chi connectivity index (χ0n) is 9.04. The maximum Gasteiger partial charge on any atom is 0.0587 e. The molecule has 2 nitrogen and oxygen atoms in total. The molecular formula is C12H23NO. The second-order valence-corrected chi connectivity index (χ2v) is 4.98. The Hall–Kier alpha value is -0.0800. The lowest BCUT2D eigenvalue weighted by Crippen LogP contribution is -2.43. The normalized spacial score (nSPS) is 27.2. The summed E-state index contributed by atoms with van der Waals surface area (Å²) in [4.78, 5) is 0. The fourth-order valence-corrected chi connectivity index (χ4v) is 3.09. The molecule has 2 fully saturated rings. The van der Waals surface area contributed by atoms with Gasteiger partial charge in [0, 0.05) is 12.1 Å². The highest BCUT2D eigenvalue weighted by atomic mass is 16.3. The van der Waals surface area contributed by atoms with Crippen molar-refractivity contribution in [1.82, 2.24) is 5.32 Å². The van der Waals surface area contributed by atoms with Crippen LogP contribution in [0.15, 0.2) is 0 Å². The van der Waals surface area contributed by atoms with Gasteiger partial charge in [0.25, 0.3) is 0 Å².